The Balaban J connectivity index is 1.59. The van der Waals surface area contributed by atoms with Crippen LogP contribution in [0, 0.1) is 17.0 Å². The summed E-state index contributed by atoms with van der Waals surface area (Å²) in [4.78, 5) is 26.2. The monoisotopic (exact) mass is 590 g/mol. The van der Waals surface area contributed by atoms with Crippen LogP contribution >= 0.6 is 31.9 Å². The van der Waals surface area contributed by atoms with Crippen molar-refractivity contribution < 1.29 is 9.66 Å². The number of hydrazone groups is 1. The predicted octanol–water partition coefficient (Wildman–Crippen LogP) is 4.64. The van der Waals surface area contributed by atoms with Gasteiger partial charge in [0.25, 0.3) is 5.69 Å². The van der Waals surface area contributed by atoms with Gasteiger partial charge in [-0.15, -0.1) is 0 Å². The molecule has 0 bridgehead atoms. The molecular weight excluding hydrogens is 572 g/mol. The Kier molecular flexibility index (Phi) is 7.65. The summed E-state index contributed by atoms with van der Waals surface area (Å²) in [7, 11) is 0. The fourth-order valence-electron chi connectivity index (χ4n) is 3.13. The highest BCUT2D eigenvalue weighted by Crippen LogP contribution is 2.27. The fourth-order valence-corrected chi connectivity index (χ4v) is 4.12. The highest BCUT2D eigenvalue weighted by Gasteiger charge is 2.17. The second kappa shape index (κ2) is 10.8. The van der Waals surface area contributed by atoms with Crippen LogP contribution in [0.3, 0.4) is 0 Å². The second-order valence-electron chi connectivity index (χ2n) is 7.33. The van der Waals surface area contributed by atoms with Gasteiger partial charge in [0.2, 0.25) is 17.8 Å². The standard InChI is InChI=1S/C21H20Br2N8O3/c1-13-2-5-17(16(23)10-13)25-19-26-20(28-21(27-19)30-6-8-34-9-7-30)29-24-12-14-3-4-15(22)18(11-14)31(32)33/h2-5,10-12H,6-9H2,1H3,(H2,25,26,27,28,29)/b24-12+. The van der Waals surface area contributed by atoms with E-state index < -0.39 is 4.92 Å². The third kappa shape index (κ3) is 6.04. The summed E-state index contributed by atoms with van der Waals surface area (Å²) >= 11 is 6.73. The van der Waals surface area contributed by atoms with Crippen molar-refractivity contribution in [2.45, 2.75) is 6.92 Å². The molecule has 4 rings (SSSR count). The van der Waals surface area contributed by atoms with E-state index in [0.717, 1.165) is 15.7 Å². The van der Waals surface area contributed by atoms with Gasteiger partial charge in [-0.25, -0.2) is 5.43 Å². The Hall–Kier alpha value is -3.16. The van der Waals surface area contributed by atoms with E-state index in [1.807, 2.05) is 30.0 Å². The lowest BCUT2D eigenvalue weighted by Gasteiger charge is -2.27. The summed E-state index contributed by atoms with van der Waals surface area (Å²) in [6, 6.07) is 10.6. The molecular formula is C21H20Br2N8O3. The lowest BCUT2D eigenvalue weighted by atomic mass is 10.2. The van der Waals surface area contributed by atoms with Gasteiger partial charge in [-0.2, -0.15) is 20.1 Å². The van der Waals surface area contributed by atoms with E-state index in [0.29, 0.717) is 48.2 Å². The van der Waals surface area contributed by atoms with Gasteiger partial charge in [-0.1, -0.05) is 12.1 Å². The Morgan fingerprint density at radius 3 is 2.59 bits per heavy atom. The zero-order valence-corrected chi connectivity index (χ0v) is 21.2. The van der Waals surface area contributed by atoms with Crippen LogP contribution in [0.15, 0.2) is 50.4 Å². The fraction of sp³-hybridized carbons (Fsp3) is 0.238. The average molecular weight is 592 g/mol. The molecule has 3 aromatic rings. The van der Waals surface area contributed by atoms with Crippen molar-refractivity contribution in [2.24, 2.45) is 5.10 Å². The minimum Gasteiger partial charge on any atom is -0.378 e. The Bertz CT molecular complexity index is 1230. The minimum absolute atomic E-state index is 0.0473. The summed E-state index contributed by atoms with van der Waals surface area (Å²) in [5.74, 6) is 1.06. The van der Waals surface area contributed by atoms with Gasteiger partial charge < -0.3 is 15.0 Å². The lowest BCUT2D eigenvalue weighted by molar-refractivity contribution is -0.385. The zero-order valence-electron chi connectivity index (χ0n) is 18.0. The van der Waals surface area contributed by atoms with Crippen LogP contribution in [-0.4, -0.2) is 52.4 Å². The van der Waals surface area contributed by atoms with Crippen LogP contribution in [0.25, 0.3) is 0 Å². The highest BCUT2D eigenvalue weighted by atomic mass is 79.9. The molecule has 2 N–H and O–H groups in total. The van der Waals surface area contributed by atoms with Crippen molar-refractivity contribution in [1.82, 2.24) is 15.0 Å². The molecule has 0 saturated carbocycles. The summed E-state index contributed by atoms with van der Waals surface area (Å²) in [5.41, 5.74) is 5.23. The Labute approximate surface area is 212 Å². The first-order chi connectivity index (χ1) is 16.4. The van der Waals surface area contributed by atoms with Crippen molar-refractivity contribution in [3.63, 3.8) is 0 Å². The van der Waals surface area contributed by atoms with Crippen molar-refractivity contribution in [2.75, 3.05) is 41.9 Å². The van der Waals surface area contributed by atoms with Gasteiger partial charge >= 0.3 is 0 Å². The van der Waals surface area contributed by atoms with Gasteiger partial charge in [0.15, 0.2) is 0 Å². The smallest absolute Gasteiger partial charge is 0.284 e. The summed E-state index contributed by atoms with van der Waals surface area (Å²) < 4.78 is 6.70. The van der Waals surface area contributed by atoms with Crippen molar-refractivity contribution >= 4 is 67.3 Å². The number of aromatic nitrogens is 3. The number of nitrogens with one attached hydrogen (secondary N) is 2. The summed E-state index contributed by atoms with van der Waals surface area (Å²) in [6.45, 7) is 4.49. The number of morpholine rings is 1. The molecule has 0 aliphatic carbocycles. The molecule has 2 heterocycles. The van der Waals surface area contributed by atoms with Crippen LogP contribution in [0.4, 0.5) is 29.2 Å². The molecule has 0 radical (unpaired) electrons. The third-order valence-corrected chi connectivity index (χ3v) is 6.16. The topological polar surface area (TPSA) is 131 Å². The van der Waals surface area contributed by atoms with E-state index in [2.05, 4.69) is 62.7 Å². The maximum absolute atomic E-state index is 11.2. The zero-order chi connectivity index (χ0) is 24.1. The summed E-state index contributed by atoms with van der Waals surface area (Å²) in [5, 5.41) is 18.5. The number of hydrogen-bond donors (Lipinski definition) is 2. The lowest BCUT2D eigenvalue weighted by Crippen LogP contribution is -2.37. The van der Waals surface area contributed by atoms with Gasteiger partial charge in [0, 0.05) is 29.2 Å². The number of benzene rings is 2. The molecule has 34 heavy (non-hydrogen) atoms. The van der Waals surface area contributed by atoms with Gasteiger partial charge in [0.05, 0.1) is 34.5 Å². The second-order valence-corrected chi connectivity index (χ2v) is 9.04. The largest absolute Gasteiger partial charge is 0.378 e. The van der Waals surface area contributed by atoms with E-state index in [1.165, 1.54) is 12.3 Å². The van der Waals surface area contributed by atoms with Gasteiger partial charge in [-0.05, 0) is 62.5 Å². The molecule has 0 atom stereocenters. The highest BCUT2D eigenvalue weighted by molar-refractivity contribution is 9.11. The number of hydrogen-bond acceptors (Lipinski definition) is 10. The van der Waals surface area contributed by atoms with E-state index >= 15 is 0 Å². The first kappa shape index (κ1) is 24.0. The van der Waals surface area contributed by atoms with Crippen molar-refractivity contribution in [1.29, 1.82) is 0 Å². The van der Waals surface area contributed by atoms with Gasteiger partial charge in [0.1, 0.15) is 0 Å². The number of nitrogens with zero attached hydrogens (tertiary/aromatic N) is 6. The number of aryl methyl sites for hydroxylation is 1. The third-order valence-electron chi connectivity index (χ3n) is 4.83. The molecule has 0 unspecified atom stereocenters. The molecule has 1 aromatic heterocycles. The quantitative estimate of drug-likeness (QED) is 0.229. The molecule has 1 aliphatic heterocycles. The van der Waals surface area contributed by atoms with E-state index in [9.17, 15) is 10.1 Å². The van der Waals surface area contributed by atoms with E-state index in [1.54, 1.807) is 12.1 Å². The Morgan fingerprint density at radius 1 is 1.09 bits per heavy atom. The Morgan fingerprint density at radius 2 is 1.85 bits per heavy atom. The molecule has 1 fully saturated rings. The number of nitro groups is 1. The molecule has 1 aliphatic rings. The summed E-state index contributed by atoms with van der Waals surface area (Å²) in [6.07, 6.45) is 1.46. The molecule has 13 heteroatoms. The average Bonchev–Trinajstić information content (AvgIpc) is 2.82. The first-order valence-corrected chi connectivity index (χ1v) is 11.8. The van der Waals surface area contributed by atoms with Crippen LogP contribution < -0.4 is 15.6 Å². The van der Waals surface area contributed by atoms with Crippen LogP contribution in [0.5, 0.6) is 0 Å². The van der Waals surface area contributed by atoms with Crippen LogP contribution in [0.1, 0.15) is 11.1 Å². The normalized spacial score (nSPS) is 13.8. The SMILES string of the molecule is Cc1ccc(Nc2nc(N/N=C/c3ccc(Br)c([N+](=O)[O-])c3)nc(N3CCOCC3)n2)c(Br)c1. The molecule has 0 amide bonds. The van der Waals surface area contributed by atoms with Crippen molar-refractivity contribution in [3.8, 4) is 0 Å². The number of halogens is 2. The van der Waals surface area contributed by atoms with Crippen LogP contribution in [-0.2, 0) is 4.74 Å². The maximum atomic E-state index is 11.2. The van der Waals surface area contributed by atoms with E-state index in [-0.39, 0.29) is 11.6 Å². The number of ether oxygens (including phenoxy) is 1. The number of anilines is 4. The van der Waals surface area contributed by atoms with Crippen LogP contribution in [0.2, 0.25) is 0 Å². The minimum atomic E-state index is -0.462. The number of rotatable bonds is 7. The van der Waals surface area contributed by atoms with Crippen molar-refractivity contribution in [3.05, 3.63) is 66.6 Å². The van der Waals surface area contributed by atoms with E-state index in [4.69, 9.17) is 4.74 Å². The van der Waals surface area contributed by atoms with Gasteiger partial charge in [-0.3, -0.25) is 10.1 Å². The molecule has 1 saturated heterocycles. The predicted molar refractivity (Wildman–Crippen MR) is 137 cm³/mol. The molecule has 11 nitrogen and oxygen atoms in total. The molecule has 2 aromatic carbocycles. The molecule has 176 valence electrons. The molecule has 0 spiro atoms. The first-order valence-electron chi connectivity index (χ1n) is 10.2. The number of nitro benzene ring substituents is 1. The maximum Gasteiger partial charge on any atom is 0.284 e.